The van der Waals surface area contributed by atoms with E-state index in [9.17, 15) is 14.7 Å². The van der Waals surface area contributed by atoms with Crippen LogP contribution in [0.2, 0.25) is 0 Å². The molecule has 0 saturated carbocycles. The molecule has 27 heavy (non-hydrogen) atoms. The monoisotopic (exact) mass is 376 g/mol. The molecule has 0 amide bonds. The number of Topliss-reactive ketones (excluding diaryl/α,β-unsaturated/α-hetero) is 1. The highest BCUT2D eigenvalue weighted by Crippen LogP contribution is 2.40. The molecule has 5 heteroatoms. The van der Waals surface area contributed by atoms with Gasteiger partial charge in [0.1, 0.15) is 17.9 Å². The number of rotatable bonds is 6. The summed E-state index contributed by atoms with van der Waals surface area (Å²) in [5.41, 5.74) is 1.56. The Morgan fingerprint density at radius 3 is 1.85 bits per heavy atom. The normalized spacial score (nSPS) is 12.8. The highest BCUT2D eigenvalue weighted by Gasteiger charge is 2.27. The number of phenolic OH excluding ortho intramolecular Hbond substituents is 1. The molecule has 0 aliphatic carbocycles. The topological polar surface area (TPSA) is 72.8 Å². The number of phenols is 1. The largest absolute Gasteiger partial charge is 0.507 e. The lowest BCUT2D eigenvalue weighted by Gasteiger charge is -2.28. The molecule has 0 saturated heterocycles. The Morgan fingerprint density at radius 1 is 1.00 bits per heavy atom. The van der Waals surface area contributed by atoms with Gasteiger partial charge in [0.25, 0.3) is 0 Å². The average molecular weight is 376 g/mol. The summed E-state index contributed by atoms with van der Waals surface area (Å²) in [7, 11) is 1.51. The van der Waals surface area contributed by atoms with Gasteiger partial charge in [-0.05, 0) is 41.5 Å². The summed E-state index contributed by atoms with van der Waals surface area (Å²) in [6, 6.07) is 3.63. The zero-order chi connectivity index (χ0) is 21.0. The molecule has 0 aliphatic heterocycles. The number of hydrogen-bond donors (Lipinski definition) is 1. The number of carbonyl (C=O) groups excluding carboxylic acids is 2. The summed E-state index contributed by atoms with van der Waals surface area (Å²) in [4.78, 5) is 24.3. The second-order valence-electron chi connectivity index (χ2n) is 8.71. The first-order valence-corrected chi connectivity index (χ1v) is 9.05. The molecule has 150 valence electrons. The third kappa shape index (κ3) is 6.21. The molecular weight excluding hydrogens is 344 g/mol. The molecule has 0 unspecified atom stereocenters. The Hall–Kier alpha value is -2.14. The van der Waals surface area contributed by atoms with Gasteiger partial charge in [-0.2, -0.15) is 0 Å². The van der Waals surface area contributed by atoms with E-state index in [0.29, 0.717) is 5.56 Å². The van der Waals surface area contributed by atoms with Crippen molar-refractivity contribution in [1.29, 1.82) is 0 Å². The van der Waals surface area contributed by atoms with Gasteiger partial charge in [0.2, 0.25) is 0 Å². The van der Waals surface area contributed by atoms with E-state index < -0.39 is 5.97 Å². The van der Waals surface area contributed by atoms with Gasteiger partial charge >= 0.3 is 5.97 Å². The van der Waals surface area contributed by atoms with Crippen molar-refractivity contribution in [3.8, 4) is 5.75 Å². The predicted molar refractivity (Wildman–Crippen MR) is 107 cm³/mol. The maximum absolute atomic E-state index is 12.3. The van der Waals surface area contributed by atoms with E-state index in [4.69, 9.17) is 9.47 Å². The van der Waals surface area contributed by atoms with Crippen LogP contribution < -0.4 is 0 Å². The van der Waals surface area contributed by atoms with E-state index in [0.717, 1.165) is 11.1 Å². The van der Waals surface area contributed by atoms with Crippen LogP contribution in [-0.2, 0) is 29.9 Å². The van der Waals surface area contributed by atoms with Crippen molar-refractivity contribution in [2.45, 2.75) is 59.3 Å². The second kappa shape index (κ2) is 8.70. The van der Waals surface area contributed by atoms with Crippen molar-refractivity contribution in [2.24, 2.45) is 0 Å². The van der Waals surface area contributed by atoms with Crippen LogP contribution in [0.15, 0.2) is 17.7 Å². The Kier molecular flexibility index (Phi) is 7.38. The van der Waals surface area contributed by atoms with Crippen LogP contribution in [-0.4, -0.2) is 37.2 Å². The summed E-state index contributed by atoms with van der Waals surface area (Å²) < 4.78 is 9.96. The summed E-state index contributed by atoms with van der Waals surface area (Å²) in [5, 5.41) is 10.8. The van der Waals surface area contributed by atoms with E-state index in [2.05, 4.69) is 0 Å². The maximum atomic E-state index is 12.3. The molecule has 1 N–H and O–H groups in total. The van der Waals surface area contributed by atoms with Gasteiger partial charge in [-0.25, -0.2) is 4.79 Å². The fourth-order valence-electron chi connectivity index (χ4n) is 2.65. The fourth-order valence-corrected chi connectivity index (χ4v) is 2.65. The molecule has 0 heterocycles. The highest BCUT2D eigenvalue weighted by atomic mass is 16.6. The molecule has 1 aromatic rings. The van der Waals surface area contributed by atoms with Crippen LogP contribution in [0.25, 0.3) is 6.08 Å². The number of methoxy groups -OCH3 is 1. The van der Waals surface area contributed by atoms with Crippen LogP contribution >= 0.6 is 0 Å². The van der Waals surface area contributed by atoms with Crippen molar-refractivity contribution in [2.75, 3.05) is 20.3 Å². The Bertz CT molecular complexity index is 695. The molecule has 1 aromatic carbocycles. The van der Waals surface area contributed by atoms with Gasteiger partial charge in [-0.3, -0.25) is 4.79 Å². The van der Waals surface area contributed by atoms with Gasteiger partial charge < -0.3 is 14.6 Å². The quantitative estimate of drug-likeness (QED) is 0.265. The van der Waals surface area contributed by atoms with Crippen LogP contribution in [0, 0.1) is 0 Å². The van der Waals surface area contributed by atoms with E-state index in [1.807, 2.05) is 53.7 Å². The predicted octanol–water partition coefficient (Wildman–Crippen LogP) is 4.15. The van der Waals surface area contributed by atoms with Crippen LogP contribution in [0.3, 0.4) is 0 Å². The second-order valence-corrected chi connectivity index (χ2v) is 8.71. The van der Waals surface area contributed by atoms with E-state index in [1.165, 1.54) is 20.1 Å². The summed E-state index contributed by atoms with van der Waals surface area (Å²) in [5.74, 6) is -0.804. The standard InChI is InChI=1S/C22H32O5/c1-14(23)16(20(25)27-10-9-26-8)11-15-12-17(21(2,3)4)19(24)18(13-15)22(5,6)7/h11-13,24H,9-10H2,1-8H3/b16-11-. The van der Waals surface area contributed by atoms with Crippen molar-refractivity contribution in [3.63, 3.8) is 0 Å². The van der Waals surface area contributed by atoms with Gasteiger partial charge in [0, 0.05) is 18.2 Å². The Morgan fingerprint density at radius 2 is 1.48 bits per heavy atom. The lowest BCUT2D eigenvalue weighted by molar-refractivity contribution is -0.141. The maximum Gasteiger partial charge on any atom is 0.341 e. The Balaban J connectivity index is 3.51. The highest BCUT2D eigenvalue weighted by molar-refractivity contribution is 6.19. The van der Waals surface area contributed by atoms with E-state index in [1.54, 1.807) is 0 Å². The zero-order valence-corrected chi connectivity index (χ0v) is 17.7. The van der Waals surface area contributed by atoms with E-state index in [-0.39, 0.29) is 41.1 Å². The van der Waals surface area contributed by atoms with Crippen molar-refractivity contribution in [1.82, 2.24) is 0 Å². The first kappa shape index (κ1) is 22.9. The van der Waals surface area contributed by atoms with Crippen LogP contribution in [0.4, 0.5) is 0 Å². The minimum absolute atomic E-state index is 0.0310. The molecule has 0 aromatic heterocycles. The van der Waals surface area contributed by atoms with Crippen LogP contribution in [0.5, 0.6) is 5.75 Å². The first-order chi connectivity index (χ1) is 12.3. The minimum Gasteiger partial charge on any atom is -0.507 e. The molecule has 0 fully saturated rings. The summed E-state index contributed by atoms with van der Waals surface area (Å²) in [6.07, 6.45) is 1.53. The third-order valence-corrected chi connectivity index (χ3v) is 4.18. The molecule has 1 rings (SSSR count). The molecule has 5 nitrogen and oxygen atoms in total. The summed E-state index contributed by atoms with van der Waals surface area (Å²) >= 11 is 0. The molecule has 0 radical (unpaired) electrons. The van der Waals surface area contributed by atoms with E-state index >= 15 is 0 Å². The van der Waals surface area contributed by atoms with Crippen molar-refractivity contribution >= 4 is 17.8 Å². The zero-order valence-electron chi connectivity index (χ0n) is 17.7. The van der Waals surface area contributed by atoms with Crippen molar-refractivity contribution in [3.05, 3.63) is 34.4 Å². The number of ether oxygens (including phenoxy) is 2. The number of aromatic hydroxyl groups is 1. The molecule has 0 bridgehead atoms. The van der Waals surface area contributed by atoms with Crippen molar-refractivity contribution < 1.29 is 24.2 Å². The lowest BCUT2D eigenvalue weighted by Crippen LogP contribution is -2.18. The molecule has 0 aliphatic rings. The van der Waals surface area contributed by atoms with Crippen LogP contribution in [0.1, 0.15) is 65.2 Å². The third-order valence-electron chi connectivity index (χ3n) is 4.18. The molecule has 0 atom stereocenters. The molecular formula is C22H32O5. The number of esters is 1. The number of carbonyl (C=O) groups is 2. The summed E-state index contributed by atoms with van der Waals surface area (Å²) in [6.45, 7) is 13.7. The first-order valence-electron chi connectivity index (χ1n) is 9.05. The minimum atomic E-state index is -0.678. The Labute approximate surface area is 162 Å². The van der Waals surface area contributed by atoms with Gasteiger partial charge in [0.15, 0.2) is 5.78 Å². The SMILES string of the molecule is COCCOC(=O)/C(=C\c1cc(C(C)(C)C)c(O)c(C(C)(C)C)c1)C(C)=O. The smallest absolute Gasteiger partial charge is 0.341 e. The molecule has 0 spiro atoms. The van der Waals surface area contributed by atoms with Gasteiger partial charge in [-0.15, -0.1) is 0 Å². The van der Waals surface area contributed by atoms with Gasteiger partial charge in [-0.1, -0.05) is 41.5 Å². The fraction of sp³-hybridized carbons (Fsp3) is 0.545. The average Bonchev–Trinajstić information content (AvgIpc) is 2.51. The lowest BCUT2D eigenvalue weighted by atomic mass is 9.78. The van der Waals surface area contributed by atoms with Gasteiger partial charge in [0.05, 0.1) is 6.61 Å². The number of benzene rings is 1. The number of ketones is 1. The number of hydrogen-bond acceptors (Lipinski definition) is 5.